The van der Waals surface area contributed by atoms with Crippen molar-refractivity contribution in [3.63, 3.8) is 0 Å². The van der Waals surface area contributed by atoms with Crippen molar-refractivity contribution in [2.45, 2.75) is 84.8 Å². The normalized spacial score (nSPS) is 14.8. The molecule has 0 unspecified atom stereocenters. The first kappa shape index (κ1) is 27.3. The van der Waals surface area contributed by atoms with Gasteiger partial charge in [0.2, 0.25) is 0 Å². The van der Waals surface area contributed by atoms with E-state index in [1.54, 1.807) is 0 Å². The molecule has 1 amide bonds. The molecule has 1 aliphatic heterocycles. The van der Waals surface area contributed by atoms with E-state index in [2.05, 4.69) is 24.0 Å². The molecule has 0 bridgehead atoms. The number of ether oxygens (including phenoxy) is 2. The molecule has 0 radical (unpaired) electrons. The summed E-state index contributed by atoms with van der Waals surface area (Å²) < 4.78 is 11.4. The van der Waals surface area contributed by atoms with Gasteiger partial charge in [0.15, 0.2) is 0 Å². The average molecular weight is 526 g/mol. The Hall–Kier alpha value is -2.73. The van der Waals surface area contributed by atoms with Crippen LogP contribution < -0.4 is 4.74 Å². The third-order valence-corrected chi connectivity index (χ3v) is 7.33. The Morgan fingerprint density at radius 2 is 1.81 bits per heavy atom. The summed E-state index contributed by atoms with van der Waals surface area (Å²) in [5.74, 6) is 2.31. The third-order valence-electron chi connectivity index (χ3n) is 7.08. The number of nitrogens with one attached hydrogen (secondary N) is 1. The number of hydrogen-bond donors (Lipinski definition) is 1. The molecular weight excluding hydrogens is 486 g/mol. The number of likely N-dealkylation sites (tertiary alicyclic amines) is 1. The molecule has 6 nitrogen and oxygen atoms in total. The highest BCUT2D eigenvalue weighted by Crippen LogP contribution is 2.26. The number of aromatic nitrogens is 2. The number of carbonyl (C=O) groups is 1. The number of fused-ring (bicyclic) bond motifs is 1. The Morgan fingerprint density at radius 3 is 2.51 bits per heavy atom. The Balaban J connectivity index is 1.18. The van der Waals surface area contributed by atoms with E-state index < -0.39 is 5.60 Å². The number of hydrogen-bond acceptors (Lipinski definition) is 4. The molecule has 37 heavy (non-hydrogen) atoms. The second-order valence-corrected chi connectivity index (χ2v) is 11.6. The van der Waals surface area contributed by atoms with E-state index >= 15 is 0 Å². The van der Waals surface area contributed by atoms with Gasteiger partial charge in [0.1, 0.15) is 23.8 Å². The van der Waals surface area contributed by atoms with Crippen LogP contribution in [0, 0.1) is 12.8 Å². The molecule has 0 aliphatic carbocycles. The molecule has 0 spiro atoms. The Morgan fingerprint density at radius 1 is 1.08 bits per heavy atom. The molecule has 1 aromatic heterocycles. The fourth-order valence-corrected chi connectivity index (χ4v) is 5.11. The highest BCUT2D eigenvalue weighted by Gasteiger charge is 2.26. The molecule has 0 atom stereocenters. The quantitative estimate of drug-likeness (QED) is 0.289. The van der Waals surface area contributed by atoms with Crippen LogP contribution in [0.3, 0.4) is 0 Å². The maximum absolute atomic E-state index is 12.3. The maximum atomic E-state index is 12.3. The number of aryl methyl sites for hydroxylation is 2. The van der Waals surface area contributed by atoms with Crippen molar-refractivity contribution in [2.75, 3.05) is 13.1 Å². The molecule has 2 aromatic carbocycles. The number of benzene rings is 2. The van der Waals surface area contributed by atoms with E-state index in [1.165, 1.54) is 36.8 Å². The smallest absolute Gasteiger partial charge is 0.410 e. The summed E-state index contributed by atoms with van der Waals surface area (Å²) in [5, 5.41) is 0.694. The Bertz CT molecular complexity index is 1180. The molecule has 1 N–H and O–H groups in total. The van der Waals surface area contributed by atoms with Gasteiger partial charge in [-0.25, -0.2) is 9.78 Å². The van der Waals surface area contributed by atoms with Crippen LogP contribution in [0.2, 0.25) is 5.02 Å². The van der Waals surface area contributed by atoms with Crippen LogP contribution in [-0.2, 0) is 17.8 Å². The van der Waals surface area contributed by atoms with Gasteiger partial charge in [-0.05, 0) is 101 Å². The van der Waals surface area contributed by atoms with E-state index in [1.807, 2.05) is 49.9 Å². The van der Waals surface area contributed by atoms with Gasteiger partial charge < -0.3 is 19.4 Å². The first-order valence-electron chi connectivity index (χ1n) is 13.5. The lowest BCUT2D eigenvalue weighted by atomic mass is 9.91. The number of piperidine rings is 1. The number of imidazole rings is 1. The summed E-state index contributed by atoms with van der Waals surface area (Å²) >= 11 is 5.94. The number of carbonyl (C=O) groups excluding carboxylic acids is 1. The van der Waals surface area contributed by atoms with Crippen molar-refractivity contribution < 1.29 is 14.3 Å². The highest BCUT2D eigenvalue weighted by molar-refractivity contribution is 6.30. The Labute approximate surface area is 225 Å². The lowest BCUT2D eigenvalue weighted by Gasteiger charge is -2.33. The second-order valence-electron chi connectivity index (χ2n) is 11.2. The van der Waals surface area contributed by atoms with Crippen molar-refractivity contribution in [1.82, 2.24) is 14.9 Å². The zero-order valence-corrected chi connectivity index (χ0v) is 23.4. The second kappa shape index (κ2) is 12.2. The van der Waals surface area contributed by atoms with Gasteiger partial charge in [0, 0.05) is 18.1 Å². The summed E-state index contributed by atoms with van der Waals surface area (Å²) in [5.41, 5.74) is 4.27. The zero-order chi connectivity index (χ0) is 26.4. The summed E-state index contributed by atoms with van der Waals surface area (Å²) in [4.78, 5) is 22.3. The number of amides is 1. The lowest BCUT2D eigenvalue weighted by molar-refractivity contribution is 0.0180. The van der Waals surface area contributed by atoms with Crippen molar-refractivity contribution in [3.05, 3.63) is 58.4 Å². The highest BCUT2D eigenvalue weighted by atomic mass is 35.5. The van der Waals surface area contributed by atoms with E-state index in [0.717, 1.165) is 55.0 Å². The van der Waals surface area contributed by atoms with E-state index in [9.17, 15) is 4.79 Å². The van der Waals surface area contributed by atoms with Crippen molar-refractivity contribution in [3.8, 4) is 5.75 Å². The molecule has 2 heterocycles. The van der Waals surface area contributed by atoms with Crippen LogP contribution >= 0.6 is 11.6 Å². The van der Waals surface area contributed by atoms with Crippen LogP contribution in [0.15, 0.2) is 36.4 Å². The fourth-order valence-electron chi connectivity index (χ4n) is 4.98. The Kier molecular flexibility index (Phi) is 9.01. The molecule has 1 aliphatic rings. The number of rotatable bonds is 9. The lowest BCUT2D eigenvalue weighted by Crippen LogP contribution is -2.41. The standard InChI is InChI=1S/C30H40ClN3O3/c1-21-23(9-7-5-6-8-22-16-18-34(19-17-22)29(35)37-30(2,3)4)10-15-26-28(21)33-27(32-26)20-36-25-13-11-24(31)12-14-25/h10-15,22H,5-9,16-20H2,1-4H3,(H,32,33). The minimum Gasteiger partial charge on any atom is -0.486 e. The molecule has 1 fully saturated rings. The molecule has 0 saturated carbocycles. The number of aromatic amines is 1. The van der Waals surface area contributed by atoms with Gasteiger partial charge in [-0.1, -0.05) is 36.9 Å². The summed E-state index contributed by atoms with van der Waals surface area (Å²) in [6.45, 7) is 9.95. The summed E-state index contributed by atoms with van der Waals surface area (Å²) in [6.07, 6.45) is 7.96. The largest absolute Gasteiger partial charge is 0.486 e. The molecule has 7 heteroatoms. The van der Waals surface area contributed by atoms with Crippen molar-refractivity contribution in [1.29, 1.82) is 0 Å². The van der Waals surface area contributed by atoms with Crippen LogP contribution in [0.4, 0.5) is 4.79 Å². The van der Waals surface area contributed by atoms with Crippen LogP contribution in [0.5, 0.6) is 5.75 Å². The number of nitrogens with zero attached hydrogens (tertiary/aromatic N) is 2. The van der Waals surface area contributed by atoms with Gasteiger partial charge in [-0.2, -0.15) is 0 Å². The van der Waals surface area contributed by atoms with Gasteiger partial charge in [0.25, 0.3) is 0 Å². The first-order valence-corrected chi connectivity index (χ1v) is 13.9. The first-order chi connectivity index (χ1) is 17.7. The van der Waals surface area contributed by atoms with E-state index in [4.69, 9.17) is 26.1 Å². The van der Waals surface area contributed by atoms with E-state index in [0.29, 0.717) is 17.5 Å². The molecule has 4 rings (SSSR count). The number of halogens is 1. The SMILES string of the molecule is Cc1c(CCCCCC2CCN(C(=O)OC(C)(C)C)CC2)ccc2[nH]c(COc3ccc(Cl)cc3)nc12. The van der Waals surface area contributed by atoms with Crippen LogP contribution in [0.25, 0.3) is 11.0 Å². The van der Waals surface area contributed by atoms with Gasteiger partial charge in [0.05, 0.1) is 11.0 Å². The molecule has 3 aromatic rings. The number of H-pyrrole nitrogens is 1. The minimum atomic E-state index is -0.428. The minimum absolute atomic E-state index is 0.170. The molecular formula is C30H40ClN3O3. The van der Waals surface area contributed by atoms with Gasteiger partial charge in [-0.15, -0.1) is 0 Å². The third kappa shape index (κ3) is 7.88. The predicted molar refractivity (Wildman–Crippen MR) is 149 cm³/mol. The van der Waals surface area contributed by atoms with Crippen LogP contribution in [0.1, 0.15) is 76.2 Å². The van der Waals surface area contributed by atoms with Crippen molar-refractivity contribution in [2.24, 2.45) is 5.92 Å². The average Bonchev–Trinajstić information content (AvgIpc) is 3.28. The zero-order valence-electron chi connectivity index (χ0n) is 22.6. The number of unbranched alkanes of at least 4 members (excludes halogenated alkanes) is 2. The van der Waals surface area contributed by atoms with Crippen LogP contribution in [-0.4, -0.2) is 39.7 Å². The summed E-state index contributed by atoms with van der Waals surface area (Å²) in [6, 6.07) is 11.7. The topological polar surface area (TPSA) is 67.5 Å². The fraction of sp³-hybridized carbons (Fsp3) is 0.533. The predicted octanol–water partition coefficient (Wildman–Crippen LogP) is 7.85. The molecule has 1 saturated heterocycles. The maximum Gasteiger partial charge on any atom is 0.410 e. The monoisotopic (exact) mass is 525 g/mol. The van der Waals surface area contributed by atoms with Gasteiger partial charge >= 0.3 is 6.09 Å². The summed E-state index contributed by atoms with van der Waals surface area (Å²) in [7, 11) is 0. The van der Waals surface area contributed by atoms with Gasteiger partial charge in [-0.3, -0.25) is 0 Å². The van der Waals surface area contributed by atoms with E-state index in [-0.39, 0.29) is 6.09 Å². The molecule has 200 valence electrons. The van der Waals surface area contributed by atoms with Crippen molar-refractivity contribution >= 4 is 28.7 Å².